The molecule has 2 unspecified atom stereocenters. The van der Waals surface area contributed by atoms with Crippen molar-refractivity contribution in [2.75, 3.05) is 0 Å². The smallest absolute Gasteiger partial charge is 0.250 e. The number of benzene rings is 3. The summed E-state index contributed by atoms with van der Waals surface area (Å²) in [6.07, 6.45) is 2.44. The van der Waals surface area contributed by atoms with Crippen molar-refractivity contribution in [1.82, 2.24) is 0 Å². The fourth-order valence-electron chi connectivity index (χ4n) is 3.66. The molecule has 0 aromatic heterocycles. The van der Waals surface area contributed by atoms with Crippen LogP contribution >= 0.6 is 0 Å². The maximum Gasteiger partial charge on any atom is 0.250 e. The zero-order chi connectivity index (χ0) is 24.5. The van der Waals surface area contributed by atoms with Crippen molar-refractivity contribution in [2.24, 2.45) is 0 Å². The molecule has 0 fully saturated rings. The van der Waals surface area contributed by atoms with Gasteiger partial charge in [-0.3, -0.25) is 0 Å². The van der Waals surface area contributed by atoms with Crippen molar-refractivity contribution in [2.45, 2.75) is 84.4 Å². The van der Waals surface area contributed by atoms with Crippen LogP contribution in [0, 0.1) is 6.92 Å². The van der Waals surface area contributed by atoms with Crippen LogP contribution in [0.1, 0.15) is 76.0 Å². The fraction of sp³-hybridized carbons (Fsp3) is 0.419. The van der Waals surface area contributed by atoms with E-state index in [1.165, 1.54) is 29.5 Å². The summed E-state index contributed by atoms with van der Waals surface area (Å²) in [4.78, 5) is 0. The van der Waals surface area contributed by atoms with Crippen LogP contribution in [0.5, 0.6) is 5.75 Å². The van der Waals surface area contributed by atoms with Crippen molar-refractivity contribution >= 4 is 8.32 Å². The number of hydrogen-bond acceptors (Lipinski definition) is 1. The second kappa shape index (κ2) is 12.2. The van der Waals surface area contributed by atoms with E-state index in [2.05, 4.69) is 140 Å². The number of aryl methyl sites for hydroxylation is 1. The second-order valence-corrected chi connectivity index (χ2v) is 15.5. The SMILES string of the molecule is CCC(CC(C)c1ccccc1)c1ccccc1.Cc1ccc(O[Si](C)(C)C(C)(C)C)cc1. The topological polar surface area (TPSA) is 9.23 Å². The first-order valence-electron chi connectivity index (χ1n) is 12.4. The van der Waals surface area contributed by atoms with Crippen molar-refractivity contribution in [1.29, 1.82) is 0 Å². The summed E-state index contributed by atoms with van der Waals surface area (Å²) in [6, 6.07) is 30.1. The third kappa shape index (κ3) is 8.51. The van der Waals surface area contributed by atoms with E-state index in [9.17, 15) is 0 Å². The maximum atomic E-state index is 6.16. The summed E-state index contributed by atoms with van der Waals surface area (Å²) in [5.41, 5.74) is 4.20. The Morgan fingerprint density at radius 1 is 0.758 bits per heavy atom. The van der Waals surface area contributed by atoms with E-state index in [-0.39, 0.29) is 5.04 Å². The molecule has 0 radical (unpaired) electrons. The Morgan fingerprint density at radius 2 is 1.24 bits per heavy atom. The first-order valence-corrected chi connectivity index (χ1v) is 15.3. The highest BCUT2D eigenvalue weighted by Gasteiger charge is 2.38. The van der Waals surface area contributed by atoms with E-state index < -0.39 is 8.32 Å². The van der Waals surface area contributed by atoms with Crippen LogP contribution in [0.4, 0.5) is 0 Å². The van der Waals surface area contributed by atoms with Crippen LogP contribution in [0.2, 0.25) is 18.1 Å². The molecule has 0 aliphatic heterocycles. The Morgan fingerprint density at radius 3 is 1.70 bits per heavy atom. The minimum atomic E-state index is -1.66. The van der Waals surface area contributed by atoms with E-state index in [4.69, 9.17) is 4.43 Å². The van der Waals surface area contributed by atoms with Gasteiger partial charge >= 0.3 is 0 Å². The van der Waals surface area contributed by atoms with Crippen LogP contribution in [-0.2, 0) is 0 Å². The van der Waals surface area contributed by atoms with Crippen molar-refractivity contribution in [3.63, 3.8) is 0 Å². The Balaban J connectivity index is 0.000000238. The van der Waals surface area contributed by atoms with Crippen LogP contribution in [0.15, 0.2) is 84.9 Å². The van der Waals surface area contributed by atoms with Crippen LogP contribution in [0.25, 0.3) is 0 Å². The van der Waals surface area contributed by atoms with Gasteiger partial charge in [-0.25, -0.2) is 0 Å². The molecule has 33 heavy (non-hydrogen) atoms. The van der Waals surface area contributed by atoms with Crippen molar-refractivity contribution in [3.8, 4) is 5.75 Å². The largest absolute Gasteiger partial charge is 0.544 e. The third-order valence-electron chi connectivity index (χ3n) is 6.97. The van der Waals surface area contributed by atoms with Gasteiger partial charge in [0.15, 0.2) is 0 Å². The van der Waals surface area contributed by atoms with Crippen LogP contribution < -0.4 is 4.43 Å². The van der Waals surface area contributed by atoms with Gasteiger partial charge < -0.3 is 4.43 Å². The van der Waals surface area contributed by atoms with Gasteiger partial charge in [0.25, 0.3) is 0 Å². The van der Waals surface area contributed by atoms with E-state index in [0.717, 1.165) is 5.75 Å². The van der Waals surface area contributed by atoms with Gasteiger partial charge in [0.2, 0.25) is 8.32 Å². The molecule has 0 N–H and O–H groups in total. The molecular weight excluding hydrogens is 416 g/mol. The van der Waals surface area contributed by atoms with Gasteiger partial charge in [0, 0.05) is 0 Å². The quantitative estimate of drug-likeness (QED) is 0.319. The Labute approximate surface area is 204 Å². The molecule has 1 nitrogen and oxygen atoms in total. The number of hydrogen-bond donors (Lipinski definition) is 0. The molecule has 0 saturated heterocycles. The molecule has 3 rings (SSSR count). The zero-order valence-corrected chi connectivity index (χ0v) is 23.1. The minimum Gasteiger partial charge on any atom is -0.544 e. The molecule has 0 spiro atoms. The first kappa shape index (κ1) is 26.9. The highest BCUT2D eigenvalue weighted by Crippen LogP contribution is 2.37. The summed E-state index contributed by atoms with van der Waals surface area (Å²) in [7, 11) is -1.66. The molecule has 0 bridgehead atoms. The molecule has 3 aromatic rings. The normalized spacial score (nSPS) is 13.5. The standard InChI is InChI=1S/C18H22.C13H22OSi/c1-3-16(18-12-8-5-9-13-18)14-15(2)17-10-6-4-7-11-17;1-11-7-9-12(10-8-11)14-15(5,6)13(2,3)4/h4-13,15-16H,3,14H2,1-2H3;7-10H,1-6H3. The predicted octanol–water partition coefficient (Wildman–Crippen LogP) is 9.75. The highest BCUT2D eigenvalue weighted by atomic mass is 28.4. The average molecular weight is 461 g/mol. The minimum absolute atomic E-state index is 0.262. The Kier molecular flexibility index (Phi) is 9.98. The molecule has 2 heteroatoms. The Bertz CT molecular complexity index is 924. The highest BCUT2D eigenvalue weighted by molar-refractivity contribution is 6.74. The van der Waals surface area contributed by atoms with Crippen molar-refractivity contribution < 1.29 is 4.43 Å². The monoisotopic (exact) mass is 460 g/mol. The lowest BCUT2D eigenvalue weighted by molar-refractivity contribution is 0.492. The van der Waals surface area contributed by atoms with Crippen LogP contribution in [0.3, 0.4) is 0 Å². The van der Waals surface area contributed by atoms with Gasteiger partial charge in [-0.1, -0.05) is 113 Å². The second-order valence-electron chi connectivity index (χ2n) is 10.7. The van der Waals surface area contributed by atoms with E-state index >= 15 is 0 Å². The summed E-state index contributed by atoms with van der Waals surface area (Å²) < 4.78 is 6.16. The molecule has 0 amide bonds. The zero-order valence-electron chi connectivity index (χ0n) is 22.1. The van der Waals surface area contributed by atoms with E-state index in [1.807, 2.05) is 0 Å². The lowest BCUT2D eigenvalue weighted by Crippen LogP contribution is -2.43. The van der Waals surface area contributed by atoms with Gasteiger partial charge in [-0.2, -0.15) is 0 Å². The van der Waals surface area contributed by atoms with Gasteiger partial charge in [-0.15, -0.1) is 0 Å². The number of rotatable bonds is 7. The molecule has 2 atom stereocenters. The van der Waals surface area contributed by atoms with Gasteiger partial charge in [0.1, 0.15) is 5.75 Å². The Hall–Kier alpha value is -2.32. The fourth-order valence-corrected chi connectivity index (χ4v) is 4.69. The van der Waals surface area contributed by atoms with Gasteiger partial charge in [-0.05, 0) is 73.0 Å². The maximum absolute atomic E-state index is 6.16. The average Bonchev–Trinajstić information content (AvgIpc) is 2.79. The first-order chi connectivity index (χ1) is 15.5. The summed E-state index contributed by atoms with van der Waals surface area (Å²) in [6.45, 7) is 18.0. The van der Waals surface area contributed by atoms with E-state index in [0.29, 0.717) is 11.8 Å². The molecule has 178 valence electrons. The van der Waals surface area contributed by atoms with Gasteiger partial charge in [0.05, 0.1) is 0 Å². The molecule has 0 aliphatic rings. The lowest BCUT2D eigenvalue weighted by atomic mass is 9.85. The predicted molar refractivity (Wildman–Crippen MR) is 148 cm³/mol. The van der Waals surface area contributed by atoms with Crippen LogP contribution in [-0.4, -0.2) is 8.32 Å². The van der Waals surface area contributed by atoms with Crippen molar-refractivity contribution in [3.05, 3.63) is 102 Å². The lowest BCUT2D eigenvalue weighted by Gasteiger charge is -2.36. The molecule has 3 aromatic carbocycles. The molecule has 0 saturated carbocycles. The summed E-state index contributed by atoms with van der Waals surface area (Å²) >= 11 is 0. The van der Waals surface area contributed by atoms with E-state index in [1.54, 1.807) is 0 Å². The molecule has 0 aliphatic carbocycles. The summed E-state index contributed by atoms with van der Waals surface area (Å²) in [5, 5.41) is 0.262. The molecular formula is C31H44OSi. The molecule has 0 heterocycles. The third-order valence-corrected chi connectivity index (χ3v) is 11.3. The summed E-state index contributed by atoms with van der Waals surface area (Å²) in [5.74, 6) is 2.30.